The number of nitrogens with zero attached hydrogens (tertiary/aromatic N) is 6. The molecule has 120 valence electrons. The predicted molar refractivity (Wildman–Crippen MR) is 85.0 cm³/mol. The Morgan fingerprint density at radius 3 is 1.55 bits per heavy atom. The van der Waals surface area contributed by atoms with Crippen molar-refractivity contribution in [2.75, 3.05) is 65.7 Å². The van der Waals surface area contributed by atoms with E-state index in [-0.39, 0.29) is 0 Å². The third-order valence-electron chi connectivity index (χ3n) is 5.80. The highest BCUT2D eigenvalue weighted by molar-refractivity contribution is 5.79. The van der Waals surface area contributed by atoms with Crippen LogP contribution in [0.5, 0.6) is 0 Å². The maximum Gasteiger partial charge on any atom is 0.355 e. The van der Waals surface area contributed by atoms with Crippen LogP contribution in [0, 0.1) is 0 Å². The standard InChI is InChI=1S/C16H28N6/c1-5-17-6-2-10-21-14-22-12-4-8-18-7-3-11-20(16(18)22)13-19(9-1)15(17)21/h1-14H2/q+2. The van der Waals surface area contributed by atoms with Gasteiger partial charge in [-0.15, -0.1) is 0 Å². The topological polar surface area (TPSA) is 19.0 Å². The van der Waals surface area contributed by atoms with Crippen molar-refractivity contribution in [3.05, 3.63) is 0 Å². The van der Waals surface area contributed by atoms with Crippen LogP contribution in [-0.2, 0) is 0 Å². The first-order valence-electron chi connectivity index (χ1n) is 9.14. The Balaban J connectivity index is 1.59. The van der Waals surface area contributed by atoms with Crippen molar-refractivity contribution in [2.45, 2.75) is 25.7 Å². The highest BCUT2D eigenvalue weighted by Crippen LogP contribution is 2.20. The normalized spacial score (nSPS) is 28.4. The molecule has 0 aliphatic carbocycles. The Morgan fingerprint density at radius 1 is 0.545 bits per heavy atom. The lowest BCUT2D eigenvalue weighted by molar-refractivity contribution is -0.741. The third-order valence-corrected chi connectivity index (χ3v) is 5.80. The molecule has 0 unspecified atom stereocenters. The van der Waals surface area contributed by atoms with Crippen LogP contribution in [0.2, 0.25) is 0 Å². The molecule has 5 aliphatic rings. The van der Waals surface area contributed by atoms with Crippen molar-refractivity contribution < 1.29 is 9.15 Å². The van der Waals surface area contributed by atoms with Gasteiger partial charge in [-0.2, -0.15) is 0 Å². The molecule has 0 N–H and O–H groups in total. The second-order valence-corrected chi connectivity index (χ2v) is 7.32. The molecule has 6 nitrogen and oxygen atoms in total. The van der Waals surface area contributed by atoms with E-state index in [4.69, 9.17) is 0 Å². The summed E-state index contributed by atoms with van der Waals surface area (Å²) in [5, 5.41) is 0. The molecule has 0 aromatic rings. The average Bonchev–Trinajstić information content (AvgIpc) is 2.54. The average molecular weight is 304 g/mol. The molecule has 6 heteroatoms. The van der Waals surface area contributed by atoms with Crippen molar-refractivity contribution >= 4 is 11.9 Å². The van der Waals surface area contributed by atoms with Gasteiger partial charge in [0.25, 0.3) is 0 Å². The van der Waals surface area contributed by atoms with E-state index in [9.17, 15) is 0 Å². The molecule has 0 amide bonds. The predicted octanol–water partition coefficient (Wildman–Crippen LogP) is -0.525. The summed E-state index contributed by atoms with van der Waals surface area (Å²) in [5.41, 5.74) is 0. The van der Waals surface area contributed by atoms with E-state index in [1.165, 1.54) is 90.0 Å². The van der Waals surface area contributed by atoms with Crippen LogP contribution >= 0.6 is 0 Å². The zero-order chi connectivity index (χ0) is 14.5. The Morgan fingerprint density at radius 2 is 1.00 bits per heavy atom. The van der Waals surface area contributed by atoms with Gasteiger partial charge in [0.05, 0.1) is 52.4 Å². The molecule has 0 radical (unpaired) electrons. The summed E-state index contributed by atoms with van der Waals surface area (Å²) in [6.07, 6.45) is 5.25. The number of guanidine groups is 2. The molecule has 5 rings (SSSR count). The molecule has 5 heterocycles. The molecule has 0 spiro atoms. The van der Waals surface area contributed by atoms with E-state index in [2.05, 4.69) is 28.8 Å². The number of rotatable bonds is 0. The first-order valence-corrected chi connectivity index (χ1v) is 9.14. The highest BCUT2D eigenvalue weighted by atomic mass is 15.6. The number of hydrogen-bond donors (Lipinski definition) is 0. The summed E-state index contributed by atoms with van der Waals surface area (Å²) < 4.78 is 5.32. The molecule has 0 aromatic carbocycles. The van der Waals surface area contributed by atoms with Gasteiger partial charge in [-0.3, -0.25) is 9.80 Å². The Bertz CT molecular complexity index is 493. The van der Waals surface area contributed by atoms with Crippen molar-refractivity contribution in [2.24, 2.45) is 0 Å². The molecule has 5 aliphatic heterocycles. The highest BCUT2D eigenvalue weighted by Gasteiger charge is 2.44. The van der Waals surface area contributed by atoms with Crippen LogP contribution in [0.15, 0.2) is 0 Å². The Labute approximate surface area is 132 Å². The zero-order valence-electron chi connectivity index (χ0n) is 13.6. The van der Waals surface area contributed by atoms with Crippen molar-refractivity contribution in [1.29, 1.82) is 0 Å². The van der Waals surface area contributed by atoms with Gasteiger partial charge in [-0.05, 0) is 0 Å². The third kappa shape index (κ3) is 1.92. The summed E-state index contributed by atoms with van der Waals surface area (Å²) in [6, 6.07) is 0. The van der Waals surface area contributed by atoms with Crippen LogP contribution in [0.25, 0.3) is 0 Å². The molecular weight excluding hydrogens is 276 g/mol. The molecule has 0 bridgehead atoms. The van der Waals surface area contributed by atoms with E-state index in [0.29, 0.717) is 0 Å². The van der Waals surface area contributed by atoms with Gasteiger partial charge in [0.1, 0.15) is 0 Å². The molecule has 22 heavy (non-hydrogen) atoms. The fraction of sp³-hybridized carbons (Fsp3) is 0.875. The van der Waals surface area contributed by atoms with Crippen LogP contribution in [0.4, 0.5) is 0 Å². The lowest BCUT2D eigenvalue weighted by Crippen LogP contribution is -2.67. The minimum Gasteiger partial charge on any atom is -0.264 e. The van der Waals surface area contributed by atoms with Crippen molar-refractivity contribution in [3.8, 4) is 0 Å². The zero-order valence-corrected chi connectivity index (χ0v) is 13.6. The minimum absolute atomic E-state index is 1.09. The second kappa shape index (κ2) is 5.03. The summed E-state index contributed by atoms with van der Waals surface area (Å²) in [4.78, 5) is 10.6. The van der Waals surface area contributed by atoms with Gasteiger partial charge in [0.15, 0.2) is 13.3 Å². The molecule has 2 fully saturated rings. The maximum atomic E-state index is 2.66. The fourth-order valence-electron chi connectivity index (χ4n) is 4.98. The van der Waals surface area contributed by atoms with Crippen LogP contribution in [0.1, 0.15) is 25.7 Å². The van der Waals surface area contributed by atoms with Crippen molar-refractivity contribution in [3.63, 3.8) is 0 Å². The molecule has 0 aromatic heterocycles. The van der Waals surface area contributed by atoms with Crippen LogP contribution in [-0.4, -0.2) is 106 Å². The second-order valence-electron chi connectivity index (χ2n) is 7.32. The van der Waals surface area contributed by atoms with E-state index >= 15 is 0 Å². The summed E-state index contributed by atoms with van der Waals surface area (Å²) in [6.45, 7) is 12.1. The van der Waals surface area contributed by atoms with E-state index in [1.54, 1.807) is 0 Å². The minimum atomic E-state index is 1.09. The summed E-state index contributed by atoms with van der Waals surface area (Å²) in [5.74, 6) is 3.05. The molecule has 2 saturated heterocycles. The fourth-order valence-corrected chi connectivity index (χ4v) is 4.98. The van der Waals surface area contributed by atoms with Gasteiger partial charge in [-0.25, -0.2) is 19.0 Å². The van der Waals surface area contributed by atoms with Gasteiger partial charge >= 0.3 is 11.9 Å². The van der Waals surface area contributed by atoms with Gasteiger partial charge in [0.2, 0.25) is 0 Å². The Hall–Kier alpha value is -1.46. The van der Waals surface area contributed by atoms with Crippen molar-refractivity contribution in [1.82, 2.24) is 19.6 Å². The lowest BCUT2D eigenvalue weighted by atomic mass is 10.2. The number of hydrogen-bond acceptors (Lipinski definition) is 4. The maximum absolute atomic E-state index is 2.66. The molecule has 0 saturated carbocycles. The lowest BCUT2D eigenvalue weighted by Gasteiger charge is -2.43. The first-order chi connectivity index (χ1) is 10.9. The smallest absolute Gasteiger partial charge is 0.264 e. The van der Waals surface area contributed by atoms with E-state index < -0.39 is 0 Å². The largest absolute Gasteiger partial charge is 0.355 e. The van der Waals surface area contributed by atoms with Gasteiger partial charge < -0.3 is 0 Å². The molecule has 0 atom stereocenters. The van der Waals surface area contributed by atoms with E-state index in [0.717, 1.165) is 13.3 Å². The summed E-state index contributed by atoms with van der Waals surface area (Å²) >= 11 is 0. The van der Waals surface area contributed by atoms with Gasteiger partial charge in [0, 0.05) is 25.7 Å². The SMILES string of the molecule is C1CN2CCC[N+]3=C2N(C1)CN1CCCN2CCC[N+](=C21)C3. The van der Waals surface area contributed by atoms with Gasteiger partial charge in [-0.1, -0.05) is 0 Å². The molecular formula is C16H28N6+2. The summed E-state index contributed by atoms with van der Waals surface area (Å²) in [7, 11) is 0. The van der Waals surface area contributed by atoms with Crippen LogP contribution < -0.4 is 0 Å². The Kier molecular flexibility index (Phi) is 2.98. The van der Waals surface area contributed by atoms with Crippen LogP contribution in [0.3, 0.4) is 0 Å². The monoisotopic (exact) mass is 304 g/mol. The van der Waals surface area contributed by atoms with E-state index in [1.807, 2.05) is 0 Å². The quantitative estimate of drug-likeness (QED) is 0.560. The first kappa shape index (κ1) is 13.0.